The van der Waals surface area contributed by atoms with Crippen LogP contribution < -0.4 is 0 Å². The minimum atomic E-state index is -0.321. The molecule has 1 fully saturated rings. The van der Waals surface area contributed by atoms with Crippen LogP contribution in [0.4, 0.5) is 4.39 Å². The van der Waals surface area contributed by atoms with Crippen LogP contribution in [0.5, 0.6) is 0 Å². The fraction of sp³-hybridized carbons (Fsp3) is 0.353. The van der Waals surface area contributed by atoms with Gasteiger partial charge in [0, 0.05) is 43.2 Å². The molecule has 122 valence electrons. The zero-order valence-electron chi connectivity index (χ0n) is 12.7. The highest BCUT2D eigenvalue weighted by molar-refractivity contribution is 7.16. The van der Waals surface area contributed by atoms with E-state index in [4.69, 9.17) is 11.6 Å². The lowest BCUT2D eigenvalue weighted by atomic mass is 10.2. The average molecular weight is 353 g/mol. The molecule has 0 bridgehead atoms. The van der Waals surface area contributed by atoms with Gasteiger partial charge in [0.2, 0.25) is 0 Å². The molecule has 1 aromatic heterocycles. The van der Waals surface area contributed by atoms with Gasteiger partial charge in [0.25, 0.3) is 5.91 Å². The number of carbonyl (C=O) groups excluding carboxylic acids is 1. The Morgan fingerprint density at radius 3 is 2.57 bits per heavy atom. The molecular formula is C17H18ClFN2OS. The smallest absolute Gasteiger partial charge is 0.253 e. The highest BCUT2D eigenvalue weighted by atomic mass is 35.5. The molecule has 1 aliphatic heterocycles. The van der Waals surface area contributed by atoms with Crippen molar-refractivity contribution in [3.05, 3.63) is 57.0 Å². The second-order valence-corrected chi connectivity index (χ2v) is 7.43. The molecule has 0 spiro atoms. The van der Waals surface area contributed by atoms with Crippen LogP contribution in [-0.2, 0) is 6.54 Å². The van der Waals surface area contributed by atoms with Crippen molar-refractivity contribution in [2.75, 3.05) is 26.2 Å². The van der Waals surface area contributed by atoms with Gasteiger partial charge in [-0.05, 0) is 42.8 Å². The second-order valence-electron chi connectivity index (χ2n) is 5.63. The quantitative estimate of drug-likeness (QED) is 0.836. The second kappa shape index (κ2) is 7.43. The molecule has 1 saturated heterocycles. The van der Waals surface area contributed by atoms with Gasteiger partial charge in [0.1, 0.15) is 5.82 Å². The highest BCUT2D eigenvalue weighted by Gasteiger charge is 2.20. The van der Waals surface area contributed by atoms with Gasteiger partial charge in [-0.25, -0.2) is 4.39 Å². The first-order valence-corrected chi connectivity index (χ1v) is 8.83. The Bertz CT molecular complexity index is 673. The maximum atomic E-state index is 13.0. The van der Waals surface area contributed by atoms with Crippen molar-refractivity contribution in [1.29, 1.82) is 0 Å². The lowest BCUT2D eigenvalue weighted by Crippen LogP contribution is -2.35. The van der Waals surface area contributed by atoms with Crippen molar-refractivity contribution in [2.24, 2.45) is 0 Å². The van der Waals surface area contributed by atoms with Gasteiger partial charge in [-0.1, -0.05) is 11.6 Å². The number of hydrogen-bond acceptors (Lipinski definition) is 3. The normalized spacial score (nSPS) is 16.3. The van der Waals surface area contributed by atoms with Crippen molar-refractivity contribution < 1.29 is 9.18 Å². The Balaban J connectivity index is 1.59. The molecule has 2 aromatic rings. The van der Waals surface area contributed by atoms with E-state index in [1.54, 1.807) is 23.5 Å². The molecule has 0 unspecified atom stereocenters. The van der Waals surface area contributed by atoms with Crippen LogP contribution in [0.25, 0.3) is 0 Å². The minimum absolute atomic E-state index is 0.0222. The van der Waals surface area contributed by atoms with Crippen molar-refractivity contribution in [3.8, 4) is 0 Å². The first kappa shape index (κ1) is 16.4. The van der Waals surface area contributed by atoms with Crippen LogP contribution in [0.15, 0.2) is 36.4 Å². The van der Waals surface area contributed by atoms with Crippen LogP contribution in [0.2, 0.25) is 4.34 Å². The summed E-state index contributed by atoms with van der Waals surface area (Å²) in [7, 11) is 0. The van der Waals surface area contributed by atoms with Crippen LogP contribution in [0, 0.1) is 5.82 Å². The third-order valence-electron chi connectivity index (χ3n) is 3.98. The SMILES string of the molecule is O=C(c1ccc(F)cc1)N1CCCN(Cc2ccc(Cl)s2)CC1. The Kier molecular flexibility index (Phi) is 5.30. The molecule has 6 heteroatoms. The summed E-state index contributed by atoms with van der Waals surface area (Å²) in [5.41, 5.74) is 0.546. The molecule has 0 saturated carbocycles. The largest absolute Gasteiger partial charge is 0.337 e. The maximum absolute atomic E-state index is 13.0. The fourth-order valence-electron chi connectivity index (χ4n) is 2.76. The molecule has 0 radical (unpaired) electrons. The summed E-state index contributed by atoms with van der Waals surface area (Å²) in [5.74, 6) is -0.343. The van der Waals surface area contributed by atoms with Gasteiger partial charge in [-0.15, -0.1) is 11.3 Å². The average Bonchev–Trinajstić information content (AvgIpc) is 2.81. The van der Waals surface area contributed by atoms with Gasteiger partial charge in [-0.2, -0.15) is 0 Å². The van der Waals surface area contributed by atoms with Crippen molar-refractivity contribution in [1.82, 2.24) is 9.80 Å². The van der Waals surface area contributed by atoms with Gasteiger partial charge < -0.3 is 4.90 Å². The first-order chi connectivity index (χ1) is 11.1. The summed E-state index contributed by atoms with van der Waals surface area (Å²) in [6, 6.07) is 9.74. The number of hydrogen-bond donors (Lipinski definition) is 0. The molecule has 3 nitrogen and oxygen atoms in total. The van der Waals surface area contributed by atoms with Crippen LogP contribution in [0.1, 0.15) is 21.7 Å². The summed E-state index contributed by atoms with van der Waals surface area (Å²) < 4.78 is 13.8. The van der Waals surface area contributed by atoms with Gasteiger partial charge >= 0.3 is 0 Å². The van der Waals surface area contributed by atoms with Crippen molar-refractivity contribution in [3.63, 3.8) is 0 Å². The Morgan fingerprint density at radius 2 is 1.87 bits per heavy atom. The van der Waals surface area contributed by atoms with Gasteiger partial charge in [0.05, 0.1) is 4.34 Å². The van der Waals surface area contributed by atoms with Crippen molar-refractivity contribution >= 4 is 28.8 Å². The van der Waals surface area contributed by atoms with E-state index < -0.39 is 0 Å². The Morgan fingerprint density at radius 1 is 1.09 bits per heavy atom. The standard InChI is InChI=1S/C17H18ClFN2OS/c18-16-7-6-15(23-16)12-20-8-1-9-21(11-10-20)17(22)13-2-4-14(19)5-3-13/h2-7H,1,8-12H2. The molecule has 23 heavy (non-hydrogen) atoms. The summed E-state index contributed by atoms with van der Waals surface area (Å²) in [5, 5.41) is 0. The zero-order valence-corrected chi connectivity index (χ0v) is 14.2. The number of amides is 1. The summed E-state index contributed by atoms with van der Waals surface area (Å²) in [4.78, 5) is 17.9. The van der Waals surface area contributed by atoms with E-state index in [9.17, 15) is 9.18 Å². The summed E-state index contributed by atoms with van der Waals surface area (Å²) >= 11 is 7.58. The zero-order chi connectivity index (χ0) is 16.2. The van der Waals surface area contributed by atoms with Gasteiger partial charge in [-0.3, -0.25) is 9.69 Å². The third-order valence-corrected chi connectivity index (χ3v) is 5.19. The predicted molar refractivity (Wildman–Crippen MR) is 91.5 cm³/mol. The Hall–Kier alpha value is -1.43. The molecule has 1 aliphatic rings. The molecular weight excluding hydrogens is 335 g/mol. The van der Waals surface area contributed by atoms with Crippen LogP contribution >= 0.6 is 22.9 Å². The van der Waals surface area contributed by atoms with Crippen LogP contribution in [-0.4, -0.2) is 41.9 Å². The van der Waals surface area contributed by atoms with E-state index in [1.165, 1.54) is 17.0 Å². The molecule has 3 rings (SSSR count). The van der Waals surface area contributed by atoms with E-state index in [0.717, 1.165) is 36.9 Å². The third kappa shape index (κ3) is 4.31. The Labute approximate surface area is 144 Å². The number of nitrogens with zero attached hydrogens (tertiary/aromatic N) is 2. The molecule has 0 N–H and O–H groups in total. The molecule has 0 aliphatic carbocycles. The van der Waals surface area contributed by atoms with Gasteiger partial charge in [0.15, 0.2) is 0 Å². The number of halogens is 2. The van der Waals surface area contributed by atoms with E-state index >= 15 is 0 Å². The van der Waals surface area contributed by atoms with E-state index in [2.05, 4.69) is 11.0 Å². The molecule has 1 amide bonds. The topological polar surface area (TPSA) is 23.6 Å². The fourth-order valence-corrected chi connectivity index (χ4v) is 3.89. The predicted octanol–water partition coefficient (Wildman–Crippen LogP) is 3.89. The molecule has 0 atom stereocenters. The highest BCUT2D eigenvalue weighted by Crippen LogP contribution is 2.23. The van der Waals surface area contributed by atoms with E-state index in [1.807, 2.05) is 11.0 Å². The van der Waals surface area contributed by atoms with Crippen LogP contribution in [0.3, 0.4) is 0 Å². The molecule has 1 aromatic carbocycles. The maximum Gasteiger partial charge on any atom is 0.253 e. The lowest BCUT2D eigenvalue weighted by Gasteiger charge is -2.21. The number of carbonyl (C=O) groups is 1. The summed E-state index contributed by atoms with van der Waals surface area (Å²) in [6.07, 6.45) is 0.937. The van der Waals surface area contributed by atoms with E-state index in [-0.39, 0.29) is 11.7 Å². The van der Waals surface area contributed by atoms with Crippen molar-refractivity contribution in [2.45, 2.75) is 13.0 Å². The molecule has 2 heterocycles. The minimum Gasteiger partial charge on any atom is -0.337 e. The number of benzene rings is 1. The summed E-state index contributed by atoms with van der Waals surface area (Å²) in [6.45, 7) is 4.09. The number of rotatable bonds is 3. The first-order valence-electron chi connectivity index (χ1n) is 7.63. The monoisotopic (exact) mass is 352 g/mol. The number of thiophene rings is 1. The lowest BCUT2D eigenvalue weighted by molar-refractivity contribution is 0.0761. The van der Waals surface area contributed by atoms with E-state index in [0.29, 0.717) is 12.1 Å².